The first-order valence-electron chi connectivity index (χ1n) is 5.76. The van der Waals surface area contributed by atoms with Crippen molar-refractivity contribution in [3.8, 4) is 0 Å². The largest absolute Gasteiger partial charge is 0.379 e. The average Bonchev–Trinajstić information content (AvgIpc) is 2.69. The highest BCUT2D eigenvalue weighted by atomic mass is 35.5. The number of fused-ring (bicyclic) bond motifs is 1. The van der Waals surface area contributed by atoms with E-state index in [4.69, 9.17) is 16.3 Å². The quantitative estimate of drug-likeness (QED) is 0.816. The van der Waals surface area contributed by atoms with E-state index in [1.807, 2.05) is 22.7 Å². The van der Waals surface area contributed by atoms with Crippen molar-refractivity contribution in [3.63, 3.8) is 0 Å². The zero-order valence-electron chi connectivity index (χ0n) is 9.47. The number of pyridine rings is 1. The van der Waals surface area contributed by atoms with Crippen LogP contribution in [0.4, 0.5) is 0 Å². The van der Waals surface area contributed by atoms with E-state index in [9.17, 15) is 0 Å². The van der Waals surface area contributed by atoms with Gasteiger partial charge in [-0.15, -0.1) is 0 Å². The third kappa shape index (κ3) is 2.16. The van der Waals surface area contributed by atoms with Gasteiger partial charge in [-0.1, -0.05) is 6.07 Å². The van der Waals surface area contributed by atoms with Crippen LogP contribution in [0.1, 0.15) is 5.69 Å². The maximum Gasteiger partial charge on any atom is 0.207 e. The summed E-state index contributed by atoms with van der Waals surface area (Å²) in [4.78, 5) is 6.77. The van der Waals surface area contributed by atoms with E-state index in [2.05, 4.69) is 16.0 Å². The Morgan fingerprint density at radius 1 is 1.29 bits per heavy atom. The fourth-order valence-corrected chi connectivity index (χ4v) is 2.40. The predicted molar refractivity (Wildman–Crippen MR) is 66.3 cm³/mol. The summed E-state index contributed by atoms with van der Waals surface area (Å²) >= 11 is 6.10. The molecule has 5 heteroatoms. The van der Waals surface area contributed by atoms with Crippen LogP contribution in [0.3, 0.4) is 0 Å². The molecule has 1 fully saturated rings. The Hall–Kier alpha value is -1.10. The molecule has 1 saturated heterocycles. The van der Waals surface area contributed by atoms with Crippen molar-refractivity contribution in [1.29, 1.82) is 0 Å². The van der Waals surface area contributed by atoms with Crippen LogP contribution < -0.4 is 0 Å². The highest BCUT2D eigenvalue weighted by molar-refractivity contribution is 6.28. The second-order valence-corrected chi connectivity index (χ2v) is 4.51. The standard InChI is InChI=1S/C12H14ClN3O/c13-12-14-10(9-15-5-7-17-8-6-15)11-3-1-2-4-16(11)12/h1-4H,5-9H2. The molecule has 0 saturated carbocycles. The first kappa shape index (κ1) is 11.0. The molecular formula is C12H14ClN3O. The monoisotopic (exact) mass is 251 g/mol. The van der Waals surface area contributed by atoms with Crippen LogP contribution in [0.2, 0.25) is 5.28 Å². The molecule has 0 spiro atoms. The third-order valence-corrected chi connectivity index (χ3v) is 3.33. The van der Waals surface area contributed by atoms with Gasteiger partial charge in [0.05, 0.1) is 24.4 Å². The molecule has 0 unspecified atom stereocenters. The third-order valence-electron chi connectivity index (χ3n) is 3.06. The molecule has 1 aliphatic rings. The van der Waals surface area contributed by atoms with Crippen molar-refractivity contribution < 1.29 is 4.74 Å². The molecule has 2 aromatic heterocycles. The van der Waals surface area contributed by atoms with Crippen LogP contribution in [0.15, 0.2) is 24.4 Å². The molecule has 0 aliphatic carbocycles. The highest BCUT2D eigenvalue weighted by Gasteiger charge is 2.15. The van der Waals surface area contributed by atoms with Crippen molar-refractivity contribution in [1.82, 2.24) is 14.3 Å². The second kappa shape index (κ2) is 4.64. The van der Waals surface area contributed by atoms with Gasteiger partial charge >= 0.3 is 0 Å². The van der Waals surface area contributed by atoms with Gasteiger partial charge in [-0.3, -0.25) is 9.30 Å². The molecule has 0 bridgehead atoms. The van der Waals surface area contributed by atoms with Crippen molar-refractivity contribution in [2.45, 2.75) is 6.54 Å². The number of halogens is 1. The van der Waals surface area contributed by atoms with Crippen LogP contribution in [0.25, 0.3) is 5.52 Å². The normalized spacial score (nSPS) is 17.7. The number of morpholine rings is 1. The minimum Gasteiger partial charge on any atom is -0.379 e. The first-order chi connectivity index (χ1) is 8.34. The van der Waals surface area contributed by atoms with Gasteiger partial charge in [0.25, 0.3) is 0 Å². The van der Waals surface area contributed by atoms with Crippen LogP contribution in [-0.4, -0.2) is 40.6 Å². The minimum atomic E-state index is 0.531. The van der Waals surface area contributed by atoms with Gasteiger partial charge in [-0.2, -0.15) is 0 Å². The smallest absolute Gasteiger partial charge is 0.207 e. The summed E-state index contributed by atoms with van der Waals surface area (Å²) in [6.07, 6.45) is 1.94. The zero-order valence-corrected chi connectivity index (χ0v) is 10.2. The molecule has 3 heterocycles. The minimum absolute atomic E-state index is 0.531. The lowest BCUT2D eigenvalue weighted by Crippen LogP contribution is -2.35. The van der Waals surface area contributed by atoms with E-state index in [1.165, 1.54) is 0 Å². The zero-order chi connectivity index (χ0) is 11.7. The SMILES string of the molecule is Clc1nc(CN2CCOCC2)c2ccccn12. The fourth-order valence-electron chi connectivity index (χ4n) is 2.15. The molecule has 0 amide bonds. The van der Waals surface area contributed by atoms with Crippen molar-refractivity contribution in [2.24, 2.45) is 0 Å². The number of hydrogen-bond donors (Lipinski definition) is 0. The molecule has 90 valence electrons. The molecule has 0 aromatic carbocycles. The van der Waals surface area contributed by atoms with Gasteiger partial charge < -0.3 is 4.74 Å². The molecule has 17 heavy (non-hydrogen) atoms. The Bertz CT molecular complexity index is 519. The number of ether oxygens (including phenoxy) is 1. The number of nitrogens with zero attached hydrogens (tertiary/aromatic N) is 3. The van der Waals surface area contributed by atoms with E-state index >= 15 is 0 Å². The summed E-state index contributed by atoms with van der Waals surface area (Å²) in [6, 6.07) is 6.02. The van der Waals surface area contributed by atoms with Crippen LogP contribution in [-0.2, 0) is 11.3 Å². The van der Waals surface area contributed by atoms with E-state index in [0.29, 0.717) is 5.28 Å². The average molecular weight is 252 g/mol. The molecule has 0 atom stereocenters. The van der Waals surface area contributed by atoms with Crippen molar-refractivity contribution in [2.75, 3.05) is 26.3 Å². The Labute approximate surface area is 105 Å². The number of hydrogen-bond acceptors (Lipinski definition) is 3. The van der Waals surface area contributed by atoms with E-state index in [1.54, 1.807) is 0 Å². The van der Waals surface area contributed by atoms with Crippen LogP contribution >= 0.6 is 11.6 Å². The summed E-state index contributed by atoms with van der Waals surface area (Å²) in [5.41, 5.74) is 2.13. The van der Waals surface area contributed by atoms with Gasteiger partial charge in [-0.05, 0) is 23.7 Å². The van der Waals surface area contributed by atoms with Crippen LogP contribution in [0, 0.1) is 0 Å². The molecule has 3 rings (SSSR count). The van der Waals surface area contributed by atoms with Gasteiger partial charge in [-0.25, -0.2) is 4.98 Å². The highest BCUT2D eigenvalue weighted by Crippen LogP contribution is 2.18. The summed E-state index contributed by atoms with van der Waals surface area (Å²) in [7, 11) is 0. The maximum atomic E-state index is 6.10. The van der Waals surface area contributed by atoms with E-state index in [0.717, 1.165) is 44.1 Å². The van der Waals surface area contributed by atoms with E-state index in [-0.39, 0.29) is 0 Å². The maximum absolute atomic E-state index is 6.10. The number of aromatic nitrogens is 2. The van der Waals surface area contributed by atoms with Crippen molar-refractivity contribution >= 4 is 17.1 Å². The number of imidazole rings is 1. The molecular weight excluding hydrogens is 238 g/mol. The van der Waals surface area contributed by atoms with Gasteiger partial charge in [0.1, 0.15) is 0 Å². The molecule has 0 N–H and O–H groups in total. The second-order valence-electron chi connectivity index (χ2n) is 4.17. The Morgan fingerprint density at radius 3 is 2.94 bits per heavy atom. The summed E-state index contributed by atoms with van der Waals surface area (Å²) in [6.45, 7) is 4.37. The lowest BCUT2D eigenvalue weighted by molar-refractivity contribution is 0.0339. The predicted octanol–water partition coefficient (Wildman–Crippen LogP) is 1.82. The fraction of sp³-hybridized carbons (Fsp3) is 0.417. The lowest BCUT2D eigenvalue weighted by Gasteiger charge is -2.25. The molecule has 2 aromatic rings. The molecule has 1 aliphatic heterocycles. The Balaban J connectivity index is 1.89. The van der Waals surface area contributed by atoms with Crippen LogP contribution in [0.5, 0.6) is 0 Å². The molecule has 0 radical (unpaired) electrons. The van der Waals surface area contributed by atoms with Crippen molar-refractivity contribution in [3.05, 3.63) is 35.4 Å². The van der Waals surface area contributed by atoms with Gasteiger partial charge in [0.2, 0.25) is 5.28 Å². The Kier molecular flexibility index (Phi) is 3.01. The van der Waals surface area contributed by atoms with Gasteiger partial charge in [0.15, 0.2) is 0 Å². The lowest BCUT2D eigenvalue weighted by atomic mass is 10.3. The summed E-state index contributed by atoms with van der Waals surface area (Å²) < 4.78 is 7.25. The summed E-state index contributed by atoms with van der Waals surface area (Å²) in [5, 5.41) is 0.531. The van der Waals surface area contributed by atoms with Gasteiger partial charge in [0, 0.05) is 25.8 Å². The first-order valence-corrected chi connectivity index (χ1v) is 6.14. The molecule has 4 nitrogen and oxygen atoms in total. The number of rotatable bonds is 2. The Morgan fingerprint density at radius 2 is 2.12 bits per heavy atom. The topological polar surface area (TPSA) is 29.8 Å². The van der Waals surface area contributed by atoms with E-state index < -0.39 is 0 Å². The summed E-state index contributed by atoms with van der Waals surface area (Å²) in [5.74, 6) is 0.